The number of hydrogen-bond donors (Lipinski definition) is 1. The maximum Gasteiger partial charge on any atom is 0.232 e. The molecular formula is C23H22F2N8O3. The number of nitrogens with one attached hydrogen (secondary N) is 1. The van der Waals surface area contributed by atoms with Gasteiger partial charge in [-0.2, -0.15) is 10.1 Å². The molecule has 1 aromatic carbocycles. The molecule has 1 N–H and O–H groups in total. The van der Waals surface area contributed by atoms with E-state index in [1.807, 2.05) is 0 Å². The number of amides is 1. The number of halogens is 2. The number of carbonyl (C=O) groups excluding carboxylic acids is 1. The number of hydrogen-bond acceptors (Lipinski definition) is 9. The number of rotatable bonds is 7. The largest absolute Gasteiger partial charge is 0.493 e. The molecule has 1 atom stereocenters. The molecule has 1 amide bonds. The third kappa shape index (κ3) is 4.23. The topological polar surface area (TPSA) is 120 Å². The summed E-state index contributed by atoms with van der Waals surface area (Å²) in [5.41, 5.74) is 1.40. The monoisotopic (exact) mass is 496 g/mol. The predicted molar refractivity (Wildman–Crippen MR) is 125 cm³/mol. The molecule has 5 rings (SSSR count). The van der Waals surface area contributed by atoms with E-state index in [-0.39, 0.29) is 41.6 Å². The number of nitrogens with zero attached hydrogens (tertiary/aromatic N) is 7. The van der Waals surface area contributed by atoms with Gasteiger partial charge in [-0.05, 0) is 6.42 Å². The van der Waals surface area contributed by atoms with Gasteiger partial charge in [0.1, 0.15) is 11.2 Å². The summed E-state index contributed by atoms with van der Waals surface area (Å²) in [5, 5.41) is 6.95. The van der Waals surface area contributed by atoms with Gasteiger partial charge in [-0.3, -0.25) is 9.48 Å². The first-order valence-electron chi connectivity index (χ1n) is 11.0. The first kappa shape index (κ1) is 23.3. The molecule has 186 valence electrons. The molecule has 1 saturated heterocycles. The normalized spacial score (nSPS) is 15.2. The number of anilines is 2. The quantitative estimate of drug-likeness (QED) is 0.411. The highest BCUT2D eigenvalue weighted by Gasteiger charge is 2.31. The summed E-state index contributed by atoms with van der Waals surface area (Å²) >= 11 is 0. The molecule has 0 spiro atoms. The van der Waals surface area contributed by atoms with Crippen LogP contribution in [-0.2, 0) is 11.8 Å². The predicted octanol–water partition coefficient (Wildman–Crippen LogP) is 2.53. The van der Waals surface area contributed by atoms with Crippen LogP contribution in [0, 0.1) is 11.6 Å². The van der Waals surface area contributed by atoms with Crippen molar-refractivity contribution in [3.63, 3.8) is 0 Å². The van der Waals surface area contributed by atoms with Gasteiger partial charge >= 0.3 is 0 Å². The minimum Gasteiger partial charge on any atom is -0.493 e. The second-order valence-corrected chi connectivity index (χ2v) is 8.21. The number of aromatic nitrogens is 6. The fraction of sp³-hybridized carbons (Fsp3) is 0.304. The lowest BCUT2D eigenvalue weighted by atomic mass is 10.1. The Labute approximate surface area is 204 Å². The van der Waals surface area contributed by atoms with Gasteiger partial charge in [-0.1, -0.05) is 0 Å². The van der Waals surface area contributed by atoms with E-state index in [0.717, 1.165) is 11.6 Å². The van der Waals surface area contributed by atoms with Gasteiger partial charge in [0.25, 0.3) is 0 Å². The molecule has 1 fully saturated rings. The van der Waals surface area contributed by atoms with Crippen molar-refractivity contribution >= 4 is 28.7 Å². The van der Waals surface area contributed by atoms with Crippen molar-refractivity contribution in [2.45, 2.75) is 18.9 Å². The summed E-state index contributed by atoms with van der Waals surface area (Å²) in [5.74, 6) is -2.53. The van der Waals surface area contributed by atoms with Gasteiger partial charge in [0.05, 0.1) is 38.5 Å². The van der Waals surface area contributed by atoms with Gasteiger partial charge in [-0.15, -0.1) is 0 Å². The Morgan fingerprint density at radius 1 is 1.11 bits per heavy atom. The number of aryl methyl sites for hydroxylation is 1. The van der Waals surface area contributed by atoms with Crippen molar-refractivity contribution in [1.29, 1.82) is 0 Å². The third-order valence-corrected chi connectivity index (χ3v) is 5.84. The molecule has 0 saturated carbocycles. The van der Waals surface area contributed by atoms with E-state index in [1.54, 1.807) is 30.3 Å². The van der Waals surface area contributed by atoms with Crippen molar-refractivity contribution in [3.05, 3.63) is 42.5 Å². The van der Waals surface area contributed by atoms with Crippen LogP contribution in [0.25, 0.3) is 22.4 Å². The fourth-order valence-electron chi connectivity index (χ4n) is 4.04. The molecule has 0 radical (unpaired) electrons. The summed E-state index contributed by atoms with van der Waals surface area (Å²) in [6.07, 6.45) is 7.20. The number of methoxy groups -OCH3 is 2. The van der Waals surface area contributed by atoms with Crippen LogP contribution in [-0.4, -0.2) is 62.4 Å². The van der Waals surface area contributed by atoms with Crippen molar-refractivity contribution in [2.75, 3.05) is 25.7 Å². The zero-order valence-electron chi connectivity index (χ0n) is 19.7. The fourth-order valence-corrected chi connectivity index (χ4v) is 4.04. The maximum atomic E-state index is 15.5. The van der Waals surface area contributed by atoms with E-state index in [0.29, 0.717) is 24.1 Å². The van der Waals surface area contributed by atoms with Gasteiger partial charge < -0.3 is 19.7 Å². The van der Waals surface area contributed by atoms with Crippen molar-refractivity contribution < 1.29 is 23.0 Å². The first-order chi connectivity index (χ1) is 17.4. The summed E-state index contributed by atoms with van der Waals surface area (Å²) in [7, 11) is 4.32. The number of carbonyl (C=O) groups is 1. The average molecular weight is 496 g/mol. The zero-order chi connectivity index (χ0) is 25.4. The molecule has 3 aromatic heterocycles. The first-order valence-corrected chi connectivity index (χ1v) is 11.0. The number of ether oxygens (including phenoxy) is 2. The highest BCUT2D eigenvalue weighted by molar-refractivity contribution is 5.79. The van der Waals surface area contributed by atoms with Gasteiger partial charge in [-0.25, -0.2) is 23.7 Å². The molecule has 11 nitrogen and oxygen atoms in total. The minimum absolute atomic E-state index is 0.00284. The lowest BCUT2D eigenvalue weighted by Crippen LogP contribution is -2.38. The standard InChI is InChI=1S/C23H22F2N8O3/c1-32-10-12(7-28-32)14-8-26-15-9-27-23(31-22(15)30-14)33(11-13-4-5-18(34)29-13)21-19(24)16(35-2)6-17(36-3)20(21)25/h6-10,13H,4-5,11H2,1-3H3,(H,29,34)/t13-/m0/s1. The Morgan fingerprint density at radius 3 is 2.47 bits per heavy atom. The second kappa shape index (κ2) is 9.32. The Morgan fingerprint density at radius 2 is 1.86 bits per heavy atom. The zero-order valence-corrected chi connectivity index (χ0v) is 19.7. The van der Waals surface area contributed by atoms with Crippen molar-refractivity contribution in [1.82, 2.24) is 35.0 Å². The van der Waals surface area contributed by atoms with E-state index in [2.05, 4.69) is 30.4 Å². The Hall–Kier alpha value is -4.42. The third-order valence-electron chi connectivity index (χ3n) is 5.84. The average Bonchev–Trinajstić information content (AvgIpc) is 3.50. The van der Waals surface area contributed by atoms with Crippen LogP contribution in [0.5, 0.6) is 11.5 Å². The summed E-state index contributed by atoms with van der Waals surface area (Å²) in [4.78, 5) is 30.8. The highest BCUT2D eigenvalue weighted by atomic mass is 19.1. The molecule has 1 aliphatic rings. The summed E-state index contributed by atoms with van der Waals surface area (Å²) < 4.78 is 42.8. The molecule has 36 heavy (non-hydrogen) atoms. The van der Waals surface area contributed by atoms with E-state index < -0.39 is 17.3 Å². The number of benzene rings is 1. The van der Waals surface area contributed by atoms with E-state index in [4.69, 9.17) is 9.47 Å². The SMILES string of the molecule is COc1cc(OC)c(F)c(N(C[C@@H]2CCC(=O)N2)c2ncc3ncc(-c4cnn(C)c4)nc3n2)c1F. The Kier molecular flexibility index (Phi) is 6.04. The summed E-state index contributed by atoms with van der Waals surface area (Å²) in [6, 6.07) is 0.733. The van der Waals surface area contributed by atoms with Crippen molar-refractivity contribution in [3.8, 4) is 22.8 Å². The second-order valence-electron chi connectivity index (χ2n) is 8.21. The van der Waals surface area contributed by atoms with Gasteiger partial charge in [0.15, 0.2) is 28.8 Å². The summed E-state index contributed by atoms with van der Waals surface area (Å²) in [6.45, 7) is -0.00284. The van der Waals surface area contributed by atoms with Gasteiger partial charge in [0.2, 0.25) is 11.9 Å². The molecular weight excluding hydrogens is 474 g/mol. The molecule has 0 unspecified atom stereocenters. The van der Waals surface area contributed by atoms with Crippen LogP contribution in [0.2, 0.25) is 0 Å². The van der Waals surface area contributed by atoms with Crippen LogP contribution in [0.4, 0.5) is 20.4 Å². The molecule has 4 heterocycles. The molecule has 0 aliphatic carbocycles. The molecule has 4 aromatic rings. The molecule has 1 aliphatic heterocycles. The van der Waals surface area contributed by atoms with Crippen LogP contribution in [0.3, 0.4) is 0 Å². The van der Waals surface area contributed by atoms with Crippen molar-refractivity contribution in [2.24, 2.45) is 7.05 Å². The highest BCUT2D eigenvalue weighted by Crippen LogP contribution is 2.39. The van der Waals surface area contributed by atoms with E-state index in [1.165, 1.54) is 25.3 Å². The minimum atomic E-state index is -0.959. The lowest BCUT2D eigenvalue weighted by Gasteiger charge is -2.27. The van der Waals surface area contributed by atoms with Crippen LogP contribution in [0.1, 0.15) is 12.8 Å². The lowest BCUT2D eigenvalue weighted by molar-refractivity contribution is -0.119. The van der Waals surface area contributed by atoms with Gasteiger partial charge in [0, 0.05) is 43.9 Å². The Balaban J connectivity index is 1.65. The van der Waals surface area contributed by atoms with Crippen LogP contribution >= 0.6 is 0 Å². The smallest absolute Gasteiger partial charge is 0.232 e. The molecule has 0 bridgehead atoms. The maximum absolute atomic E-state index is 15.5. The molecule has 13 heteroatoms. The Bertz CT molecular complexity index is 1430. The van der Waals surface area contributed by atoms with E-state index >= 15 is 8.78 Å². The van der Waals surface area contributed by atoms with E-state index in [9.17, 15) is 4.79 Å². The number of fused-ring (bicyclic) bond motifs is 1. The van der Waals surface area contributed by atoms with Crippen LogP contribution in [0.15, 0.2) is 30.9 Å². The van der Waals surface area contributed by atoms with Crippen LogP contribution < -0.4 is 19.7 Å².